The molecule has 0 aromatic rings. The van der Waals surface area contributed by atoms with Crippen LogP contribution in [0.3, 0.4) is 0 Å². The van der Waals surface area contributed by atoms with Crippen molar-refractivity contribution in [3.8, 4) is 0 Å². The molecule has 1 atom stereocenters. The van der Waals surface area contributed by atoms with Crippen LogP contribution in [-0.2, 0) is 0 Å². The first-order chi connectivity index (χ1) is 13.6. The lowest BCUT2D eigenvalue weighted by molar-refractivity contribution is -0.405. The van der Waals surface area contributed by atoms with Crippen molar-refractivity contribution < 1.29 is 87.8 Å². The Balaban J connectivity index is 4.43. The SMILES string of the molecule is FC(F)=C1C(C(F)(C(F)(F)F)C(F)(F)C(F)(F)C(F)(F)F)=C(F)C(F)(F)C(F)(F)C1(F)F. The summed E-state index contributed by atoms with van der Waals surface area (Å²) in [6.07, 6.45) is -21.2. The molecular weight excluding hydrogens is 524 g/mol. The molecule has 0 nitrogen and oxygen atoms in total. The quantitative estimate of drug-likeness (QED) is 0.338. The first-order valence-corrected chi connectivity index (χ1v) is 6.78. The molecule has 0 saturated heterocycles. The number of hydrogen-bond donors (Lipinski definition) is 0. The van der Waals surface area contributed by atoms with Gasteiger partial charge in [0, 0.05) is 0 Å². The molecule has 1 aliphatic rings. The third kappa shape index (κ3) is 3.06. The lowest BCUT2D eigenvalue weighted by Crippen LogP contribution is -2.71. The lowest BCUT2D eigenvalue weighted by atomic mass is 9.73. The molecule has 0 spiro atoms. The fourth-order valence-electron chi connectivity index (χ4n) is 2.32. The molecule has 32 heavy (non-hydrogen) atoms. The van der Waals surface area contributed by atoms with E-state index >= 15 is 0 Å². The van der Waals surface area contributed by atoms with Gasteiger partial charge in [0.15, 0.2) is 5.83 Å². The van der Waals surface area contributed by atoms with Crippen LogP contribution in [-0.4, -0.2) is 47.6 Å². The number of halogens is 20. The zero-order valence-electron chi connectivity index (χ0n) is 13.6. The summed E-state index contributed by atoms with van der Waals surface area (Å²) in [6, 6.07) is 0. The predicted molar refractivity (Wildman–Crippen MR) is 58.1 cm³/mol. The van der Waals surface area contributed by atoms with Gasteiger partial charge in [0.1, 0.15) is 5.57 Å². The van der Waals surface area contributed by atoms with Crippen LogP contribution in [0.4, 0.5) is 87.8 Å². The molecule has 1 unspecified atom stereocenters. The number of allylic oxidation sites excluding steroid dienone is 3. The topological polar surface area (TPSA) is 0 Å². The zero-order valence-corrected chi connectivity index (χ0v) is 13.6. The highest BCUT2D eigenvalue weighted by Gasteiger charge is 2.91. The van der Waals surface area contributed by atoms with Gasteiger partial charge in [-0.15, -0.1) is 0 Å². The van der Waals surface area contributed by atoms with E-state index in [0.29, 0.717) is 0 Å². The molecule has 20 heteroatoms. The maximum atomic E-state index is 14.4. The second kappa shape index (κ2) is 6.80. The van der Waals surface area contributed by atoms with Crippen molar-refractivity contribution in [2.75, 3.05) is 0 Å². The minimum absolute atomic E-state index is 4.92. The first-order valence-electron chi connectivity index (χ1n) is 6.78. The van der Waals surface area contributed by atoms with Crippen molar-refractivity contribution in [3.05, 3.63) is 23.1 Å². The Bertz CT molecular complexity index is 830. The highest BCUT2D eigenvalue weighted by Crippen LogP contribution is 2.67. The largest absolute Gasteiger partial charge is 0.460 e. The summed E-state index contributed by atoms with van der Waals surface area (Å²) < 4.78 is 262. The van der Waals surface area contributed by atoms with Gasteiger partial charge in [-0.1, -0.05) is 0 Å². The standard InChI is InChI=1S/C12F20/c13-3-1(2(4(14)15)6(17,18)9(23,24)7(3,19)20)5(16,11(27,28)29)8(21,22)10(25,26)12(30,31)32. The predicted octanol–water partition coefficient (Wildman–Crippen LogP) is 7.38. The molecule has 1 aliphatic carbocycles. The van der Waals surface area contributed by atoms with Gasteiger partial charge in [-0.25, -0.2) is 8.78 Å². The first kappa shape index (κ1) is 28.1. The zero-order chi connectivity index (χ0) is 26.3. The van der Waals surface area contributed by atoms with Crippen molar-refractivity contribution in [3.63, 3.8) is 0 Å². The second-order valence-corrected chi connectivity index (χ2v) is 5.85. The number of rotatable bonds is 3. The third-order valence-corrected chi connectivity index (χ3v) is 3.95. The van der Waals surface area contributed by atoms with Crippen LogP contribution >= 0.6 is 0 Å². The van der Waals surface area contributed by atoms with Gasteiger partial charge >= 0.3 is 47.6 Å². The van der Waals surface area contributed by atoms with E-state index in [1.807, 2.05) is 0 Å². The van der Waals surface area contributed by atoms with Crippen LogP contribution in [0.15, 0.2) is 23.1 Å². The minimum atomic E-state index is -8.69. The summed E-state index contributed by atoms with van der Waals surface area (Å²) in [5, 5.41) is 0. The van der Waals surface area contributed by atoms with Crippen LogP contribution in [0.25, 0.3) is 0 Å². The molecule has 0 saturated carbocycles. The van der Waals surface area contributed by atoms with Gasteiger partial charge in [-0.05, 0) is 0 Å². The van der Waals surface area contributed by atoms with E-state index in [-0.39, 0.29) is 0 Å². The van der Waals surface area contributed by atoms with Crippen LogP contribution in [0, 0.1) is 0 Å². The summed E-state index contributed by atoms with van der Waals surface area (Å²) in [5.74, 6) is -45.1. The molecule has 1 rings (SSSR count). The third-order valence-electron chi connectivity index (χ3n) is 3.95. The Morgan fingerprint density at radius 3 is 1.22 bits per heavy atom. The molecule has 0 heterocycles. The molecule has 0 aliphatic heterocycles. The molecule has 0 N–H and O–H groups in total. The van der Waals surface area contributed by atoms with Crippen molar-refractivity contribution in [2.45, 2.75) is 47.6 Å². The Labute approximate surface area is 160 Å². The molecule has 0 bridgehead atoms. The average molecular weight is 524 g/mol. The summed E-state index contributed by atoms with van der Waals surface area (Å²) in [4.78, 5) is 0. The van der Waals surface area contributed by atoms with E-state index in [4.69, 9.17) is 0 Å². The van der Waals surface area contributed by atoms with Crippen molar-refractivity contribution in [1.82, 2.24) is 0 Å². The number of alkyl halides is 17. The highest BCUT2D eigenvalue weighted by molar-refractivity contribution is 5.55. The summed E-state index contributed by atoms with van der Waals surface area (Å²) in [6.45, 7) is 0. The molecular formula is C12F20. The molecule has 188 valence electrons. The van der Waals surface area contributed by atoms with Crippen LogP contribution in [0.2, 0.25) is 0 Å². The smallest absolute Gasteiger partial charge is 0.221 e. The van der Waals surface area contributed by atoms with E-state index in [1.54, 1.807) is 0 Å². The maximum Gasteiger partial charge on any atom is 0.460 e. The molecule has 0 radical (unpaired) electrons. The van der Waals surface area contributed by atoms with E-state index in [9.17, 15) is 87.8 Å². The molecule has 0 aromatic heterocycles. The monoisotopic (exact) mass is 524 g/mol. The van der Waals surface area contributed by atoms with E-state index in [1.165, 1.54) is 0 Å². The molecule has 0 fully saturated rings. The average Bonchev–Trinajstić information content (AvgIpc) is 2.53. The van der Waals surface area contributed by atoms with Gasteiger partial charge in [-0.3, -0.25) is 0 Å². The van der Waals surface area contributed by atoms with Crippen LogP contribution in [0.5, 0.6) is 0 Å². The van der Waals surface area contributed by atoms with E-state index in [2.05, 4.69) is 0 Å². The normalized spacial score (nSPS) is 23.8. The van der Waals surface area contributed by atoms with Gasteiger partial charge in [-0.2, -0.15) is 79.0 Å². The van der Waals surface area contributed by atoms with Crippen molar-refractivity contribution in [2.24, 2.45) is 0 Å². The summed E-state index contributed by atoms with van der Waals surface area (Å²) >= 11 is 0. The van der Waals surface area contributed by atoms with Gasteiger partial charge in [0.05, 0.1) is 5.57 Å². The van der Waals surface area contributed by atoms with Crippen molar-refractivity contribution in [1.29, 1.82) is 0 Å². The second-order valence-electron chi connectivity index (χ2n) is 5.85. The summed E-state index contributed by atoms with van der Waals surface area (Å²) in [7, 11) is 0. The molecule has 0 amide bonds. The Hall–Kier alpha value is -1.92. The lowest BCUT2D eigenvalue weighted by Gasteiger charge is -2.45. The van der Waals surface area contributed by atoms with Crippen LogP contribution in [0.1, 0.15) is 0 Å². The minimum Gasteiger partial charge on any atom is -0.221 e. The maximum absolute atomic E-state index is 14.4. The van der Waals surface area contributed by atoms with E-state index < -0.39 is 70.7 Å². The number of hydrogen-bond acceptors (Lipinski definition) is 0. The van der Waals surface area contributed by atoms with Gasteiger partial charge in [0.25, 0.3) is 6.08 Å². The fourth-order valence-corrected chi connectivity index (χ4v) is 2.32. The Morgan fingerprint density at radius 1 is 0.562 bits per heavy atom. The van der Waals surface area contributed by atoms with Crippen LogP contribution < -0.4 is 0 Å². The van der Waals surface area contributed by atoms with Gasteiger partial charge in [0.2, 0.25) is 0 Å². The van der Waals surface area contributed by atoms with Crippen molar-refractivity contribution >= 4 is 0 Å². The Kier molecular flexibility index (Phi) is 5.97. The fraction of sp³-hybridized carbons (Fsp3) is 0.667. The highest BCUT2D eigenvalue weighted by atomic mass is 19.4. The van der Waals surface area contributed by atoms with Gasteiger partial charge < -0.3 is 0 Å². The Morgan fingerprint density at radius 2 is 0.938 bits per heavy atom. The van der Waals surface area contributed by atoms with E-state index in [0.717, 1.165) is 0 Å². The molecule has 0 aromatic carbocycles. The summed E-state index contributed by atoms with van der Waals surface area (Å²) in [5.41, 5.74) is -18.7.